The lowest BCUT2D eigenvalue weighted by atomic mass is 10.1. The molecule has 0 aliphatic carbocycles. The Labute approximate surface area is 111 Å². The fourth-order valence-electron chi connectivity index (χ4n) is 1.55. The minimum atomic E-state index is -0.236. The van der Waals surface area contributed by atoms with Crippen LogP contribution < -0.4 is 4.74 Å². The zero-order chi connectivity index (χ0) is 12.6. The van der Waals surface area contributed by atoms with Crippen molar-refractivity contribution in [2.24, 2.45) is 0 Å². The van der Waals surface area contributed by atoms with Crippen molar-refractivity contribution in [3.63, 3.8) is 0 Å². The summed E-state index contributed by atoms with van der Waals surface area (Å²) >= 11 is 12.0. The normalized spacial score (nSPS) is 11.8. The fraction of sp³-hybridized carbons (Fsp3) is 0.308. The van der Waals surface area contributed by atoms with Crippen molar-refractivity contribution >= 4 is 34.1 Å². The average Bonchev–Trinajstić information content (AvgIpc) is 2.16. The van der Waals surface area contributed by atoms with Crippen molar-refractivity contribution in [2.45, 2.75) is 26.4 Å². The van der Waals surface area contributed by atoms with Gasteiger partial charge in [0.1, 0.15) is 16.5 Å². The second-order valence-electron chi connectivity index (χ2n) is 4.82. The lowest BCUT2D eigenvalue weighted by molar-refractivity contribution is 0.131. The Morgan fingerprint density at radius 2 is 1.82 bits per heavy atom. The Hall–Kier alpha value is -0.990. The highest BCUT2D eigenvalue weighted by atomic mass is 35.5. The molecule has 0 bridgehead atoms. The van der Waals surface area contributed by atoms with Crippen LogP contribution in [0.2, 0.25) is 10.2 Å². The number of aromatic nitrogens is 1. The first-order valence-corrected chi connectivity index (χ1v) is 6.05. The average molecular weight is 270 g/mol. The van der Waals surface area contributed by atoms with Gasteiger partial charge >= 0.3 is 0 Å². The molecule has 2 rings (SSSR count). The Kier molecular flexibility index (Phi) is 3.19. The van der Waals surface area contributed by atoms with E-state index in [1.807, 2.05) is 39.0 Å². The molecular weight excluding hydrogens is 257 g/mol. The van der Waals surface area contributed by atoms with Crippen LogP contribution in [0.3, 0.4) is 0 Å². The largest absolute Gasteiger partial charge is 0.488 e. The lowest BCUT2D eigenvalue weighted by Gasteiger charge is -2.21. The van der Waals surface area contributed by atoms with Crippen molar-refractivity contribution < 1.29 is 4.74 Å². The second kappa shape index (κ2) is 4.35. The third kappa shape index (κ3) is 3.02. The van der Waals surface area contributed by atoms with Crippen LogP contribution >= 0.6 is 23.2 Å². The Balaban J connectivity index is 2.51. The van der Waals surface area contributed by atoms with E-state index in [1.165, 1.54) is 0 Å². The van der Waals surface area contributed by atoms with Crippen LogP contribution in [0.4, 0.5) is 0 Å². The molecule has 0 atom stereocenters. The van der Waals surface area contributed by atoms with Crippen molar-refractivity contribution in [1.82, 2.24) is 4.98 Å². The SMILES string of the molecule is CC(C)(C)Oc1ccc2nc(Cl)cc(Cl)c2c1. The molecule has 4 heteroatoms. The minimum absolute atomic E-state index is 0.236. The standard InChI is InChI=1S/C13H13Cl2NO/c1-13(2,3)17-8-4-5-11-9(6-8)10(14)7-12(15)16-11/h4-7H,1-3H3. The molecule has 0 saturated heterocycles. The number of nitrogens with zero attached hydrogens (tertiary/aromatic N) is 1. The molecule has 90 valence electrons. The zero-order valence-corrected chi connectivity index (χ0v) is 11.4. The number of rotatable bonds is 1. The van der Waals surface area contributed by atoms with Crippen LogP contribution in [0, 0.1) is 0 Å². The molecule has 2 aromatic rings. The Bertz CT molecular complexity index is 561. The summed E-state index contributed by atoms with van der Waals surface area (Å²) in [5, 5.41) is 1.82. The molecule has 0 aliphatic rings. The predicted octanol–water partition coefficient (Wildman–Crippen LogP) is 4.72. The van der Waals surface area contributed by atoms with E-state index >= 15 is 0 Å². The Morgan fingerprint density at radius 1 is 1.12 bits per heavy atom. The Morgan fingerprint density at radius 3 is 2.47 bits per heavy atom. The number of benzene rings is 1. The maximum absolute atomic E-state index is 6.13. The summed E-state index contributed by atoms with van der Waals surface area (Å²) in [5.41, 5.74) is 0.531. The van der Waals surface area contributed by atoms with Gasteiger partial charge in [-0.15, -0.1) is 0 Å². The molecule has 0 amide bonds. The smallest absolute Gasteiger partial charge is 0.131 e. The maximum atomic E-state index is 6.13. The van der Waals surface area contributed by atoms with Crippen molar-refractivity contribution in [3.05, 3.63) is 34.4 Å². The molecule has 1 aromatic carbocycles. The molecule has 2 nitrogen and oxygen atoms in total. The van der Waals surface area contributed by atoms with Gasteiger partial charge in [0, 0.05) is 5.39 Å². The predicted molar refractivity (Wildman–Crippen MR) is 72.1 cm³/mol. The topological polar surface area (TPSA) is 22.1 Å². The van der Waals surface area contributed by atoms with Gasteiger partial charge in [0.05, 0.1) is 10.5 Å². The highest BCUT2D eigenvalue weighted by molar-refractivity contribution is 6.37. The van der Waals surface area contributed by atoms with E-state index in [0.29, 0.717) is 10.2 Å². The molecule has 1 heterocycles. The zero-order valence-electron chi connectivity index (χ0n) is 9.92. The van der Waals surface area contributed by atoms with Crippen molar-refractivity contribution in [3.8, 4) is 5.75 Å². The van der Waals surface area contributed by atoms with Gasteiger partial charge in [0.15, 0.2) is 0 Å². The molecule has 0 unspecified atom stereocenters. The van der Waals surface area contributed by atoms with Gasteiger partial charge in [-0.05, 0) is 45.0 Å². The summed E-state index contributed by atoms with van der Waals surface area (Å²) in [5.74, 6) is 0.774. The van der Waals surface area contributed by atoms with Gasteiger partial charge < -0.3 is 4.74 Å². The minimum Gasteiger partial charge on any atom is -0.488 e. The summed E-state index contributed by atoms with van der Waals surface area (Å²) in [7, 11) is 0. The number of hydrogen-bond acceptors (Lipinski definition) is 2. The molecular formula is C13H13Cl2NO. The summed E-state index contributed by atoms with van der Waals surface area (Å²) in [6.45, 7) is 6.00. The highest BCUT2D eigenvalue weighted by Gasteiger charge is 2.12. The van der Waals surface area contributed by atoms with Crippen LogP contribution in [0.15, 0.2) is 24.3 Å². The van der Waals surface area contributed by atoms with Crippen molar-refractivity contribution in [1.29, 1.82) is 0 Å². The molecule has 0 saturated carbocycles. The fourth-order valence-corrected chi connectivity index (χ4v) is 2.06. The first kappa shape index (κ1) is 12.5. The summed E-state index contributed by atoms with van der Waals surface area (Å²) in [6, 6.07) is 7.24. The van der Waals surface area contributed by atoms with Gasteiger partial charge in [-0.3, -0.25) is 0 Å². The van der Waals surface area contributed by atoms with Gasteiger partial charge in [-0.1, -0.05) is 23.2 Å². The first-order chi connectivity index (χ1) is 7.85. The summed E-state index contributed by atoms with van der Waals surface area (Å²) < 4.78 is 5.78. The number of ether oxygens (including phenoxy) is 1. The van der Waals surface area contributed by atoms with Crippen LogP contribution in [-0.4, -0.2) is 10.6 Å². The first-order valence-electron chi connectivity index (χ1n) is 5.30. The number of halogens is 2. The molecule has 0 spiro atoms. The van der Waals surface area contributed by atoms with E-state index < -0.39 is 0 Å². The van der Waals surface area contributed by atoms with Gasteiger partial charge in [-0.25, -0.2) is 4.98 Å². The van der Waals surface area contributed by atoms with Crippen LogP contribution in [0.1, 0.15) is 20.8 Å². The van der Waals surface area contributed by atoms with Gasteiger partial charge in [-0.2, -0.15) is 0 Å². The molecule has 1 aromatic heterocycles. The van der Waals surface area contributed by atoms with Gasteiger partial charge in [0.2, 0.25) is 0 Å². The second-order valence-corrected chi connectivity index (χ2v) is 5.61. The van der Waals surface area contributed by atoms with E-state index in [1.54, 1.807) is 6.07 Å². The summed E-state index contributed by atoms with van der Waals surface area (Å²) in [4.78, 5) is 4.20. The van der Waals surface area contributed by atoms with E-state index in [9.17, 15) is 0 Å². The third-order valence-corrected chi connectivity index (χ3v) is 2.63. The maximum Gasteiger partial charge on any atom is 0.131 e. The molecule has 0 radical (unpaired) electrons. The number of hydrogen-bond donors (Lipinski definition) is 0. The van der Waals surface area contributed by atoms with Crippen LogP contribution in [0.25, 0.3) is 10.9 Å². The van der Waals surface area contributed by atoms with E-state index in [4.69, 9.17) is 27.9 Å². The molecule has 0 aliphatic heterocycles. The van der Waals surface area contributed by atoms with E-state index in [0.717, 1.165) is 16.7 Å². The summed E-state index contributed by atoms with van der Waals surface area (Å²) in [6.07, 6.45) is 0. The van der Waals surface area contributed by atoms with Crippen molar-refractivity contribution in [2.75, 3.05) is 0 Å². The van der Waals surface area contributed by atoms with E-state index in [-0.39, 0.29) is 5.60 Å². The molecule has 0 N–H and O–H groups in total. The molecule has 17 heavy (non-hydrogen) atoms. The lowest BCUT2D eigenvalue weighted by Crippen LogP contribution is -2.22. The van der Waals surface area contributed by atoms with E-state index in [2.05, 4.69) is 4.98 Å². The monoisotopic (exact) mass is 269 g/mol. The highest BCUT2D eigenvalue weighted by Crippen LogP contribution is 2.29. The quantitative estimate of drug-likeness (QED) is 0.699. The van der Waals surface area contributed by atoms with Gasteiger partial charge in [0.25, 0.3) is 0 Å². The third-order valence-electron chi connectivity index (χ3n) is 2.12. The number of fused-ring (bicyclic) bond motifs is 1. The van der Waals surface area contributed by atoms with Crippen LogP contribution in [-0.2, 0) is 0 Å². The number of pyridine rings is 1. The van der Waals surface area contributed by atoms with Crippen LogP contribution in [0.5, 0.6) is 5.75 Å². The molecule has 0 fully saturated rings.